The molecular weight excluding hydrogens is 482 g/mol. The molecule has 2 fully saturated rings. The number of anilines is 1. The second-order valence-corrected chi connectivity index (χ2v) is 8.99. The second-order valence-electron chi connectivity index (χ2n) is 8.07. The molecule has 0 bridgehead atoms. The summed E-state index contributed by atoms with van der Waals surface area (Å²) >= 11 is 3.47. The molecule has 2 aliphatic rings. The third-order valence-electron chi connectivity index (χ3n) is 6.01. The molecule has 1 aliphatic carbocycles. The average molecular weight is 506 g/mol. The SMILES string of the molecule is OC[C@H]1O[C@@H](n2cnc3c(N[C@@H]4CCC[C@H]4Oc4cccc(Br)c4)ncnc32)[C@H](O)[C@@H]1O. The van der Waals surface area contributed by atoms with Crippen LogP contribution in [-0.4, -0.2) is 71.9 Å². The maximum absolute atomic E-state index is 10.4. The number of nitrogens with zero attached hydrogens (tertiary/aromatic N) is 4. The summed E-state index contributed by atoms with van der Waals surface area (Å²) in [7, 11) is 0. The van der Waals surface area contributed by atoms with Crippen LogP contribution in [0.2, 0.25) is 0 Å². The van der Waals surface area contributed by atoms with Crippen LogP contribution in [0.5, 0.6) is 5.75 Å². The number of imidazole rings is 1. The lowest BCUT2D eigenvalue weighted by molar-refractivity contribution is -0.0511. The van der Waals surface area contributed by atoms with Crippen molar-refractivity contribution in [2.75, 3.05) is 11.9 Å². The molecule has 2 aromatic heterocycles. The number of aliphatic hydroxyl groups excluding tert-OH is 3. The van der Waals surface area contributed by atoms with Crippen LogP contribution in [0.25, 0.3) is 11.2 Å². The van der Waals surface area contributed by atoms with E-state index < -0.39 is 31.1 Å². The van der Waals surface area contributed by atoms with Crippen molar-refractivity contribution in [3.8, 4) is 5.75 Å². The van der Waals surface area contributed by atoms with E-state index in [9.17, 15) is 15.3 Å². The fraction of sp³-hybridized carbons (Fsp3) is 0.476. The summed E-state index contributed by atoms with van der Waals surface area (Å²) in [5.41, 5.74) is 0.984. The molecule has 3 aromatic rings. The summed E-state index contributed by atoms with van der Waals surface area (Å²) < 4.78 is 14.4. The number of fused-ring (bicyclic) bond motifs is 1. The van der Waals surface area contributed by atoms with Crippen LogP contribution in [0.3, 0.4) is 0 Å². The van der Waals surface area contributed by atoms with Gasteiger partial charge < -0.3 is 30.1 Å². The zero-order valence-corrected chi connectivity index (χ0v) is 18.7. The van der Waals surface area contributed by atoms with Crippen molar-refractivity contribution in [2.45, 2.75) is 55.9 Å². The molecule has 0 radical (unpaired) electrons. The molecule has 0 spiro atoms. The normalized spacial score (nSPS) is 30.1. The van der Waals surface area contributed by atoms with Gasteiger partial charge in [-0.05, 0) is 37.5 Å². The molecule has 1 aliphatic heterocycles. The highest BCUT2D eigenvalue weighted by atomic mass is 79.9. The summed E-state index contributed by atoms with van der Waals surface area (Å²) in [6, 6.07) is 7.82. The minimum absolute atomic E-state index is 0.0168. The Morgan fingerprint density at radius 2 is 2.06 bits per heavy atom. The van der Waals surface area contributed by atoms with Gasteiger partial charge in [0.2, 0.25) is 0 Å². The Labute approximate surface area is 192 Å². The van der Waals surface area contributed by atoms with E-state index in [1.165, 1.54) is 12.7 Å². The van der Waals surface area contributed by atoms with Crippen LogP contribution in [0, 0.1) is 0 Å². The fourth-order valence-electron chi connectivity index (χ4n) is 4.38. The number of aliphatic hydroxyl groups is 3. The Hall–Kier alpha value is -2.31. The van der Waals surface area contributed by atoms with Gasteiger partial charge in [0.05, 0.1) is 19.0 Å². The first kappa shape index (κ1) is 21.5. The highest BCUT2D eigenvalue weighted by Crippen LogP contribution is 2.33. The van der Waals surface area contributed by atoms with E-state index in [1.807, 2.05) is 24.3 Å². The van der Waals surface area contributed by atoms with E-state index in [-0.39, 0.29) is 12.1 Å². The maximum Gasteiger partial charge on any atom is 0.167 e. The van der Waals surface area contributed by atoms with E-state index in [4.69, 9.17) is 9.47 Å². The van der Waals surface area contributed by atoms with Crippen LogP contribution in [0.1, 0.15) is 25.5 Å². The third-order valence-corrected chi connectivity index (χ3v) is 6.50. The number of hydrogen-bond donors (Lipinski definition) is 4. The minimum Gasteiger partial charge on any atom is -0.488 e. The predicted octanol–water partition coefficient (Wildman–Crippen LogP) is 1.61. The number of hydrogen-bond acceptors (Lipinski definition) is 9. The lowest BCUT2D eigenvalue weighted by atomic mass is 10.1. The largest absolute Gasteiger partial charge is 0.488 e. The summed E-state index contributed by atoms with van der Waals surface area (Å²) in [4.78, 5) is 13.1. The van der Waals surface area contributed by atoms with Gasteiger partial charge >= 0.3 is 0 Å². The summed E-state index contributed by atoms with van der Waals surface area (Å²) in [6.07, 6.45) is 1.59. The molecule has 3 heterocycles. The molecule has 0 unspecified atom stereocenters. The first-order valence-electron chi connectivity index (χ1n) is 10.5. The van der Waals surface area contributed by atoms with Crippen LogP contribution in [0.15, 0.2) is 41.4 Å². The van der Waals surface area contributed by atoms with Gasteiger partial charge in [-0.2, -0.15) is 0 Å². The monoisotopic (exact) mass is 505 g/mol. The molecule has 10 nitrogen and oxygen atoms in total. The van der Waals surface area contributed by atoms with E-state index in [1.54, 1.807) is 4.57 Å². The van der Waals surface area contributed by atoms with Gasteiger partial charge in [0, 0.05) is 4.47 Å². The summed E-state index contributed by atoms with van der Waals surface area (Å²) in [5, 5.41) is 33.3. The standard InChI is InChI=1S/C21H24BrN5O5/c22-11-3-1-4-12(7-11)31-14-6-2-5-13(14)26-19-16-20(24-9-23-19)27(10-25-16)21-18(30)17(29)15(8-28)32-21/h1,3-4,7,9-10,13-15,17-18,21,28-30H,2,5-6,8H2,(H,23,24,26)/t13-,14-,15-,17-,18-,21-/m1/s1. The zero-order valence-electron chi connectivity index (χ0n) is 17.1. The smallest absolute Gasteiger partial charge is 0.167 e. The third kappa shape index (κ3) is 3.95. The summed E-state index contributed by atoms with van der Waals surface area (Å²) in [6.45, 7) is -0.399. The Morgan fingerprint density at radius 1 is 1.19 bits per heavy atom. The molecule has 0 amide bonds. The van der Waals surface area contributed by atoms with E-state index in [0.29, 0.717) is 17.0 Å². The molecule has 32 heavy (non-hydrogen) atoms. The molecule has 1 saturated carbocycles. The number of halogens is 1. The van der Waals surface area contributed by atoms with E-state index >= 15 is 0 Å². The van der Waals surface area contributed by atoms with Crippen molar-refractivity contribution in [3.05, 3.63) is 41.4 Å². The van der Waals surface area contributed by atoms with E-state index in [2.05, 4.69) is 36.2 Å². The number of nitrogens with one attached hydrogen (secondary N) is 1. The number of aromatic nitrogens is 4. The van der Waals surface area contributed by atoms with Gasteiger partial charge in [-0.3, -0.25) is 4.57 Å². The quantitative estimate of drug-likeness (QED) is 0.393. The lowest BCUT2D eigenvalue weighted by Crippen LogP contribution is -2.33. The topological polar surface area (TPSA) is 135 Å². The van der Waals surface area contributed by atoms with Crippen molar-refractivity contribution < 1.29 is 24.8 Å². The van der Waals surface area contributed by atoms with Crippen molar-refractivity contribution in [2.24, 2.45) is 0 Å². The molecule has 1 saturated heterocycles. The number of ether oxygens (including phenoxy) is 2. The lowest BCUT2D eigenvalue weighted by Gasteiger charge is -2.23. The molecule has 4 N–H and O–H groups in total. The van der Waals surface area contributed by atoms with E-state index in [0.717, 1.165) is 29.5 Å². The second kappa shape index (κ2) is 8.91. The van der Waals surface area contributed by atoms with Gasteiger partial charge in [-0.25, -0.2) is 15.0 Å². The average Bonchev–Trinajstić information content (AvgIpc) is 3.48. The molecule has 11 heteroatoms. The molecule has 170 valence electrons. The van der Waals surface area contributed by atoms with Crippen molar-refractivity contribution in [1.29, 1.82) is 0 Å². The highest BCUT2D eigenvalue weighted by Gasteiger charge is 2.44. The highest BCUT2D eigenvalue weighted by molar-refractivity contribution is 9.10. The van der Waals surface area contributed by atoms with Crippen LogP contribution < -0.4 is 10.1 Å². The van der Waals surface area contributed by atoms with Gasteiger partial charge in [0.25, 0.3) is 0 Å². The summed E-state index contributed by atoms with van der Waals surface area (Å²) in [5.74, 6) is 1.37. The van der Waals surface area contributed by atoms with Gasteiger partial charge in [0.15, 0.2) is 23.2 Å². The van der Waals surface area contributed by atoms with Gasteiger partial charge in [0.1, 0.15) is 36.5 Å². The van der Waals surface area contributed by atoms with Crippen molar-refractivity contribution in [1.82, 2.24) is 19.5 Å². The number of rotatable bonds is 6. The molecule has 6 atom stereocenters. The number of benzene rings is 1. The Morgan fingerprint density at radius 3 is 2.84 bits per heavy atom. The Balaban J connectivity index is 1.37. The molecular formula is C21H24BrN5O5. The van der Waals surface area contributed by atoms with Crippen molar-refractivity contribution >= 4 is 32.9 Å². The first-order valence-corrected chi connectivity index (χ1v) is 11.3. The molecule has 5 rings (SSSR count). The van der Waals surface area contributed by atoms with Crippen molar-refractivity contribution in [3.63, 3.8) is 0 Å². The van der Waals surface area contributed by atoms with Gasteiger partial charge in [-0.15, -0.1) is 0 Å². The van der Waals surface area contributed by atoms with Crippen LogP contribution in [0.4, 0.5) is 5.82 Å². The minimum atomic E-state index is -1.21. The Kier molecular flexibility index (Phi) is 5.99. The van der Waals surface area contributed by atoms with Gasteiger partial charge in [-0.1, -0.05) is 22.0 Å². The maximum atomic E-state index is 10.4. The fourth-order valence-corrected chi connectivity index (χ4v) is 4.75. The first-order chi connectivity index (χ1) is 15.5. The van der Waals surface area contributed by atoms with Crippen LogP contribution >= 0.6 is 15.9 Å². The molecule has 1 aromatic carbocycles. The predicted molar refractivity (Wildman–Crippen MR) is 118 cm³/mol. The van der Waals surface area contributed by atoms with Crippen LogP contribution in [-0.2, 0) is 4.74 Å². The Bertz CT molecular complexity index is 1100. The zero-order chi connectivity index (χ0) is 22.2.